The Kier molecular flexibility index (Phi) is 4.77. The fourth-order valence-electron chi connectivity index (χ4n) is 2.23. The Morgan fingerprint density at radius 2 is 2.00 bits per heavy atom. The largest absolute Gasteiger partial charge is 0.313 e. The molecule has 19 heavy (non-hydrogen) atoms. The van der Waals surface area contributed by atoms with Crippen molar-refractivity contribution in [2.45, 2.75) is 25.8 Å². The number of nitrogens with one attached hydrogen (secondary N) is 1. The summed E-state index contributed by atoms with van der Waals surface area (Å²) >= 11 is 3.47. The van der Waals surface area contributed by atoms with Crippen LogP contribution in [0.25, 0.3) is 0 Å². The van der Waals surface area contributed by atoms with Crippen molar-refractivity contribution in [3.8, 4) is 0 Å². The van der Waals surface area contributed by atoms with Crippen molar-refractivity contribution in [1.29, 1.82) is 0 Å². The Bertz CT molecular complexity index is 531. The van der Waals surface area contributed by atoms with Crippen molar-refractivity contribution in [3.05, 3.63) is 51.8 Å². The number of benzene rings is 1. The van der Waals surface area contributed by atoms with Crippen LogP contribution in [0.2, 0.25) is 0 Å². The number of hydrogen-bond donors (Lipinski definition) is 1. The molecule has 1 N–H and O–H groups in total. The van der Waals surface area contributed by atoms with Crippen LogP contribution in [-0.2, 0) is 19.9 Å². The first kappa shape index (κ1) is 14.3. The lowest BCUT2D eigenvalue weighted by atomic mass is 10.0. The summed E-state index contributed by atoms with van der Waals surface area (Å²) in [6.07, 6.45) is 1.93. The van der Waals surface area contributed by atoms with E-state index in [4.69, 9.17) is 0 Å². The van der Waals surface area contributed by atoms with Crippen molar-refractivity contribution in [2.24, 2.45) is 7.05 Å². The zero-order valence-corrected chi connectivity index (χ0v) is 13.2. The van der Waals surface area contributed by atoms with E-state index in [-0.39, 0.29) is 0 Å². The van der Waals surface area contributed by atoms with Gasteiger partial charge in [-0.2, -0.15) is 5.10 Å². The molecule has 0 saturated heterocycles. The summed E-state index contributed by atoms with van der Waals surface area (Å²) in [4.78, 5) is 0. The molecule has 0 aliphatic heterocycles. The molecule has 3 nitrogen and oxygen atoms in total. The van der Waals surface area contributed by atoms with Gasteiger partial charge in [-0.1, -0.05) is 35.0 Å². The highest BCUT2D eigenvalue weighted by Crippen LogP contribution is 2.20. The molecule has 0 bridgehead atoms. The second-order valence-corrected chi connectivity index (χ2v) is 5.62. The van der Waals surface area contributed by atoms with Gasteiger partial charge < -0.3 is 5.32 Å². The second kappa shape index (κ2) is 6.35. The van der Waals surface area contributed by atoms with E-state index in [0.717, 1.165) is 23.0 Å². The maximum absolute atomic E-state index is 4.51. The van der Waals surface area contributed by atoms with Crippen LogP contribution in [0.1, 0.15) is 29.9 Å². The minimum atomic E-state index is 0.313. The topological polar surface area (TPSA) is 29.9 Å². The van der Waals surface area contributed by atoms with E-state index in [1.165, 1.54) is 11.3 Å². The van der Waals surface area contributed by atoms with Gasteiger partial charge >= 0.3 is 0 Å². The lowest BCUT2D eigenvalue weighted by molar-refractivity contribution is 0.561. The number of aromatic nitrogens is 2. The molecule has 0 saturated carbocycles. The molecule has 1 unspecified atom stereocenters. The monoisotopic (exact) mass is 321 g/mol. The maximum atomic E-state index is 4.51. The third-order valence-electron chi connectivity index (χ3n) is 3.42. The summed E-state index contributed by atoms with van der Waals surface area (Å²) in [5.41, 5.74) is 3.72. The van der Waals surface area contributed by atoms with E-state index in [1.807, 2.05) is 18.8 Å². The Balaban J connectivity index is 2.18. The molecule has 0 aliphatic carbocycles. The normalized spacial score (nSPS) is 12.6. The van der Waals surface area contributed by atoms with Gasteiger partial charge in [0.05, 0.1) is 5.69 Å². The summed E-state index contributed by atoms with van der Waals surface area (Å²) in [5, 5.41) is 7.89. The molecule has 2 rings (SSSR count). The van der Waals surface area contributed by atoms with Gasteiger partial charge in [0.2, 0.25) is 0 Å². The van der Waals surface area contributed by atoms with Crippen LogP contribution in [0.5, 0.6) is 0 Å². The van der Waals surface area contributed by atoms with Gasteiger partial charge in [0.1, 0.15) is 0 Å². The first-order valence-corrected chi connectivity index (χ1v) is 7.37. The van der Waals surface area contributed by atoms with Crippen molar-refractivity contribution < 1.29 is 0 Å². The number of nitrogens with zero attached hydrogens (tertiary/aromatic N) is 2. The molecule has 1 aromatic carbocycles. The Labute approximate surface area is 123 Å². The van der Waals surface area contributed by atoms with Crippen LogP contribution < -0.4 is 5.32 Å². The smallest absolute Gasteiger partial charge is 0.0624 e. The number of halogens is 1. The van der Waals surface area contributed by atoms with Crippen LogP contribution in [0, 0.1) is 0 Å². The molecular weight excluding hydrogens is 302 g/mol. The highest BCUT2D eigenvalue weighted by Gasteiger charge is 2.13. The van der Waals surface area contributed by atoms with Gasteiger partial charge in [0.25, 0.3) is 0 Å². The Morgan fingerprint density at radius 3 is 2.53 bits per heavy atom. The van der Waals surface area contributed by atoms with Gasteiger partial charge in [-0.05, 0) is 37.2 Å². The lowest BCUT2D eigenvalue weighted by Gasteiger charge is -2.16. The van der Waals surface area contributed by atoms with E-state index in [0.29, 0.717) is 6.04 Å². The molecule has 1 atom stereocenters. The minimum Gasteiger partial charge on any atom is -0.313 e. The lowest BCUT2D eigenvalue weighted by Crippen LogP contribution is -2.20. The van der Waals surface area contributed by atoms with Crippen molar-refractivity contribution in [3.63, 3.8) is 0 Å². The van der Waals surface area contributed by atoms with Crippen LogP contribution in [-0.4, -0.2) is 16.8 Å². The summed E-state index contributed by atoms with van der Waals surface area (Å²) < 4.78 is 3.10. The summed E-state index contributed by atoms with van der Waals surface area (Å²) in [7, 11) is 4.02. The third kappa shape index (κ3) is 3.45. The highest BCUT2D eigenvalue weighted by atomic mass is 79.9. The molecule has 0 spiro atoms. The van der Waals surface area contributed by atoms with E-state index in [2.05, 4.69) is 63.6 Å². The minimum absolute atomic E-state index is 0.313. The van der Waals surface area contributed by atoms with Gasteiger partial charge in [-0.3, -0.25) is 4.68 Å². The average Bonchev–Trinajstić information content (AvgIpc) is 2.78. The molecule has 0 amide bonds. The quantitative estimate of drug-likeness (QED) is 0.916. The number of hydrogen-bond acceptors (Lipinski definition) is 2. The SMILES string of the molecule is CCc1cc(CC(NC)c2ccc(Br)cc2)n(C)n1. The molecule has 1 aromatic heterocycles. The number of likely N-dealkylation sites (N-methyl/N-ethyl adjacent to an activating group) is 1. The van der Waals surface area contributed by atoms with Crippen molar-refractivity contribution in [1.82, 2.24) is 15.1 Å². The van der Waals surface area contributed by atoms with Crippen LogP contribution in [0.15, 0.2) is 34.8 Å². The van der Waals surface area contributed by atoms with Crippen LogP contribution in [0.4, 0.5) is 0 Å². The van der Waals surface area contributed by atoms with Gasteiger partial charge in [-0.15, -0.1) is 0 Å². The van der Waals surface area contributed by atoms with Crippen molar-refractivity contribution in [2.75, 3.05) is 7.05 Å². The maximum Gasteiger partial charge on any atom is 0.0624 e. The van der Waals surface area contributed by atoms with E-state index < -0.39 is 0 Å². The molecule has 102 valence electrons. The van der Waals surface area contributed by atoms with Gasteiger partial charge in [0, 0.05) is 29.7 Å². The van der Waals surface area contributed by atoms with Crippen LogP contribution >= 0.6 is 15.9 Å². The first-order valence-electron chi connectivity index (χ1n) is 6.58. The molecular formula is C15H20BrN3. The highest BCUT2D eigenvalue weighted by molar-refractivity contribution is 9.10. The average molecular weight is 322 g/mol. The number of rotatable bonds is 5. The van der Waals surface area contributed by atoms with E-state index in [9.17, 15) is 0 Å². The zero-order valence-electron chi connectivity index (χ0n) is 11.7. The summed E-state index contributed by atoms with van der Waals surface area (Å²) in [6.45, 7) is 2.14. The number of aryl methyl sites for hydroxylation is 2. The fourth-order valence-corrected chi connectivity index (χ4v) is 2.49. The third-order valence-corrected chi connectivity index (χ3v) is 3.95. The molecule has 0 radical (unpaired) electrons. The fraction of sp³-hybridized carbons (Fsp3) is 0.400. The van der Waals surface area contributed by atoms with Crippen LogP contribution in [0.3, 0.4) is 0 Å². The Morgan fingerprint density at radius 1 is 1.32 bits per heavy atom. The first-order chi connectivity index (χ1) is 9.13. The summed E-state index contributed by atoms with van der Waals surface area (Å²) in [6, 6.07) is 11.0. The summed E-state index contributed by atoms with van der Waals surface area (Å²) in [5.74, 6) is 0. The Hall–Kier alpha value is -1.13. The van der Waals surface area contributed by atoms with E-state index in [1.54, 1.807) is 0 Å². The van der Waals surface area contributed by atoms with Crippen molar-refractivity contribution >= 4 is 15.9 Å². The zero-order chi connectivity index (χ0) is 13.8. The van der Waals surface area contributed by atoms with E-state index >= 15 is 0 Å². The molecule has 1 heterocycles. The predicted molar refractivity (Wildman–Crippen MR) is 82.2 cm³/mol. The van der Waals surface area contributed by atoms with Gasteiger partial charge in [-0.25, -0.2) is 0 Å². The van der Waals surface area contributed by atoms with Gasteiger partial charge in [0.15, 0.2) is 0 Å². The second-order valence-electron chi connectivity index (χ2n) is 4.70. The molecule has 0 fully saturated rings. The standard InChI is InChI=1S/C15H20BrN3/c1-4-13-9-14(19(3)18-13)10-15(17-2)11-5-7-12(16)8-6-11/h5-9,15,17H,4,10H2,1-3H3. The molecule has 2 aromatic rings. The molecule has 0 aliphatic rings. The molecule has 4 heteroatoms. The predicted octanol–water partition coefficient (Wildman–Crippen LogP) is 3.25.